The van der Waals surface area contributed by atoms with Gasteiger partial charge in [0.25, 0.3) is 0 Å². The van der Waals surface area contributed by atoms with Gasteiger partial charge in [0.1, 0.15) is 5.75 Å². The molecule has 0 amide bonds. The van der Waals surface area contributed by atoms with Crippen LogP contribution >= 0.6 is 0 Å². The smallest absolute Gasteiger partial charge is 0.142 e. The zero-order valence-corrected chi connectivity index (χ0v) is 11.0. The fraction of sp³-hybridized carbons (Fsp3) is 0.467. The van der Waals surface area contributed by atoms with Gasteiger partial charge in [0, 0.05) is 11.6 Å². The quantitative estimate of drug-likeness (QED) is 0.871. The summed E-state index contributed by atoms with van der Waals surface area (Å²) in [6.45, 7) is 4.48. The van der Waals surface area contributed by atoms with Crippen LogP contribution in [0.4, 0.5) is 0 Å². The normalized spacial score (nSPS) is 19.6. The number of fused-ring (bicyclic) bond motifs is 1. The van der Waals surface area contributed by atoms with Gasteiger partial charge in [-0.3, -0.25) is 0 Å². The summed E-state index contributed by atoms with van der Waals surface area (Å²) in [5.41, 5.74) is 3.89. The second kappa shape index (κ2) is 4.65. The molecule has 1 aliphatic heterocycles. The van der Waals surface area contributed by atoms with E-state index in [4.69, 9.17) is 4.74 Å². The van der Waals surface area contributed by atoms with Crippen LogP contribution in [0.3, 0.4) is 0 Å². The van der Waals surface area contributed by atoms with Gasteiger partial charge in [-0.25, -0.2) is 0 Å². The van der Waals surface area contributed by atoms with Crippen molar-refractivity contribution in [2.45, 2.75) is 19.8 Å². The van der Waals surface area contributed by atoms with Crippen LogP contribution in [-0.4, -0.2) is 25.2 Å². The van der Waals surface area contributed by atoms with E-state index < -0.39 is 0 Å². The lowest BCUT2D eigenvalue weighted by molar-refractivity contribution is 0.419. The number of H-pyrrole nitrogens is 1. The van der Waals surface area contributed by atoms with E-state index in [9.17, 15) is 0 Å². The zero-order valence-electron chi connectivity index (χ0n) is 11.0. The lowest BCUT2D eigenvalue weighted by atomic mass is 9.96. The fourth-order valence-electron chi connectivity index (χ4n) is 3.01. The molecule has 0 aliphatic carbocycles. The zero-order chi connectivity index (χ0) is 12.5. The first kappa shape index (κ1) is 11.6. The van der Waals surface area contributed by atoms with E-state index >= 15 is 0 Å². The van der Waals surface area contributed by atoms with E-state index in [2.05, 4.69) is 29.5 Å². The first-order chi connectivity index (χ1) is 8.79. The van der Waals surface area contributed by atoms with Crippen molar-refractivity contribution in [3.05, 3.63) is 29.5 Å². The second-order valence-electron chi connectivity index (χ2n) is 5.21. The van der Waals surface area contributed by atoms with Crippen molar-refractivity contribution in [2.75, 3.05) is 20.2 Å². The lowest BCUT2D eigenvalue weighted by Crippen LogP contribution is -2.10. The average Bonchev–Trinajstić information content (AvgIpc) is 3.01. The van der Waals surface area contributed by atoms with Gasteiger partial charge < -0.3 is 15.0 Å². The highest BCUT2D eigenvalue weighted by atomic mass is 16.5. The van der Waals surface area contributed by atoms with Crippen LogP contribution in [0.25, 0.3) is 10.9 Å². The molecular weight excluding hydrogens is 224 g/mol. The second-order valence-corrected chi connectivity index (χ2v) is 5.21. The molecule has 1 saturated heterocycles. The van der Waals surface area contributed by atoms with Gasteiger partial charge in [0.2, 0.25) is 0 Å². The van der Waals surface area contributed by atoms with E-state index in [0.717, 1.165) is 36.7 Å². The average molecular weight is 244 g/mol. The molecule has 18 heavy (non-hydrogen) atoms. The van der Waals surface area contributed by atoms with Crippen LogP contribution in [0.1, 0.15) is 17.5 Å². The number of ether oxygens (including phenoxy) is 1. The van der Waals surface area contributed by atoms with Crippen LogP contribution in [0.15, 0.2) is 18.3 Å². The van der Waals surface area contributed by atoms with Crippen molar-refractivity contribution >= 4 is 10.9 Å². The highest BCUT2D eigenvalue weighted by Gasteiger charge is 2.18. The number of methoxy groups -OCH3 is 1. The first-order valence-electron chi connectivity index (χ1n) is 6.64. The van der Waals surface area contributed by atoms with Gasteiger partial charge in [0.05, 0.1) is 12.6 Å². The van der Waals surface area contributed by atoms with Crippen LogP contribution in [0.2, 0.25) is 0 Å². The molecule has 1 aliphatic rings. The number of aryl methyl sites for hydroxylation is 1. The Kier molecular flexibility index (Phi) is 3.00. The summed E-state index contributed by atoms with van der Waals surface area (Å²) in [7, 11) is 1.73. The minimum Gasteiger partial charge on any atom is -0.495 e. The topological polar surface area (TPSA) is 37.0 Å². The third-order valence-electron chi connectivity index (χ3n) is 3.98. The van der Waals surface area contributed by atoms with Gasteiger partial charge >= 0.3 is 0 Å². The molecule has 3 rings (SSSR count). The summed E-state index contributed by atoms with van der Waals surface area (Å²) in [6, 6.07) is 4.18. The predicted octanol–water partition coefficient (Wildman–Crippen LogP) is 2.64. The van der Waals surface area contributed by atoms with Crippen molar-refractivity contribution in [3.8, 4) is 5.75 Å². The Hall–Kier alpha value is -1.48. The molecule has 1 aromatic carbocycles. The third-order valence-corrected chi connectivity index (χ3v) is 3.98. The molecule has 1 aromatic heterocycles. The standard InChI is InChI=1S/C15H20N2O/c1-10-3-4-13(18-2)15-14(10)12(9-17-15)7-11-5-6-16-8-11/h3-4,9,11,16-17H,5-8H2,1-2H3. The summed E-state index contributed by atoms with van der Waals surface area (Å²) < 4.78 is 5.42. The first-order valence-corrected chi connectivity index (χ1v) is 6.64. The van der Waals surface area contributed by atoms with E-state index in [1.165, 1.54) is 22.9 Å². The maximum atomic E-state index is 5.42. The Morgan fingerprint density at radius 2 is 2.28 bits per heavy atom. The summed E-state index contributed by atoms with van der Waals surface area (Å²) in [4.78, 5) is 3.38. The Morgan fingerprint density at radius 1 is 1.39 bits per heavy atom. The van der Waals surface area contributed by atoms with Crippen LogP contribution in [0.5, 0.6) is 5.75 Å². The van der Waals surface area contributed by atoms with E-state index in [1.807, 2.05) is 6.07 Å². The van der Waals surface area contributed by atoms with Crippen molar-refractivity contribution in [1.82, 2.24) is 10.3 Å². The van der Waals surface area contributed by atoms with Gasteiger partial charge in [-0.2, -0.15) is 0 Å². The molecule has 0 spiro atoms. The van der Waals surface area contributed by atoms with E-state index in [1.54, 1.807) is 7.11 Å². The van der Waals surface area contributed by atoms with Crippen molar-refractivity contribution < 1.29 is 4.74 Å². The molecule has 1 unspecified atom stereocenters. The largest absolute Gasteiger partial charge is 0.495 e. The maximum absolute atomic E-state index is 5.42. The molecule has 0 bridgehead atoms. The molecule has 2 heterocycles. The van der Waals surface area contributed by atoms with E-state index in [-0.39, 0.29) is 0 Å². The highest BCUT2D eigenvalue weighted by Crippen LogP contribution is 2.31. The monoisotopic (exact) mass is 244 g/mol. The number of nitrogens with one attached hydrogen (secondary N) is 2. The van der Waals surface area contributed by atoms with Gasteiger partial charge in [0.15, 0.2) is 0 Å². The molecule has 3 heteroatoms. The molecule has 96 valence electrons. The molecule has 2 aromatic rings. The molecule has 0 saturated carbocycles. The maximum Gasteiger partial charge on any atom is 0.142 e. The number of benzene rings is 1. The molecule has 1 atom stereocenters. The Morgan fingerprint density at radius 3 is 3.00 bits per heavy atom. The van der Waals surface area contributed by atoms with E-state index in [0.29, 0.717) is 0 Å². The Bertz CT molecular complexity index is 553. The number of hydrogen-bond acceptors (Lipinski definition) is 2. The van der Waals surface area contributed by atoms with Crippen molar-refractivity contribution in [3.63, 3.8) is 0 Å². The van der Waals surface area contributed by atoms with Crippen molar-refractivity contribution in [1.29, 1.82) is 0 Å². The van der Waals surface area contributed by atoms with Crippen molar-refractivity contribution in [2.24, 2.45) is 5.92 Å². The summed E-state index contributed by atoms with van der Waals surface area (Å²) in [6.07, 6.45) is 4.59. The number of aromatic nitrogens is 1. The highest BCUT2D eigenvalue weighted by molar-refractivity contribution is 5.91. The Labute approximate surface area is 108 Å². The number of rotatable bonds is 3. The minimum atomic E-state index is 0.773. The number of hydrogen-bond donors (Lipinski definition) is 2. The third kappa shape index (κ3) is 1.89. The van der Waals surface area contributed by atoms with Gasteiger partial charge in [-0.1, -0.05) is 6.07 Å². The molecule has 2 N–H and O–H groups in total. The fourth-order valence-corrected chi connectivity index (χ4v) is 3.01. The molecule has 0 radical (unpaired) electrons. The molecule has 1 fully saturated rings. The van der Waals surface area contributed by atoms with Crippen LogP contribution < -0.4 is 10.1 Å². The minimum absolute atomic E-state index is 0.773. The number of aromatic amines is 1. The van der Waals surface area contributed by atoms with Crippen LogP contribution in [-0.2, 0) is 6.42 Å². The molecule has 3 nitrogen and oxygen atoms in total. The van der Waals surface area contributed by atoms with Gasteiger partial charge in [-0.05, 0) is 56.0 Å². The lowest BCUT2D eigenvalue weighted by Gasteiger charge is -2.09. The van der Waals surface area contributed by atoms with Gasteiger partial charge in [-0.15, -0.1) is 0 Å². The summed E-state index contributed by atoms with van der Waals surface area (Å²) >= 11 is 0. The SMILES string of the molecule is COc1ccc(C)c2c(CC3CCNC3)c[nH]c12. The predicted molar refractivity (Wildman–Crippen MR) is 74.3 cm³/mol. The summed E-state index contributed by atoms with van der Waals surface area (Å²) in [5.74, 6) is 1.71. The Balaban J connectivity index is 2.01. The summed E-state index contributed by atoms with van der Waals surface area (Å²) in [5, 5.41) is 4.78. The van der Waals surface area contributed by atoms with Crippen LogP contribution in [0, 0.1) is 12.8 Å². The molecular formula is C15H20N2O.